The van der Waals surface area contributed by atoms with Gasteiger partial charge in [-0.15, -0.1) is 0 Å². The number of aromatic nitrogens is 1. The molecule has 0 fully saturated rings. The summed E-state index contributed by atoms with van der Waals surface area (Å²) in [5.41, 5.74) is 1.28. The molecular formula is C10H18N2O. The standard InChI is InChI=1S/C10H18N2O/c1-9(4-6-13)11-7-10-3-5-12(2)8-10/h3,5,8-9,11,13H,4,6-7H2,1-2H3. The Morgan fingerprint density at radius 2 is 2.38 bits per heavy atom. The third-order valence-corrected chi connectivity index (χ3v) is 2.11. The van der Waals surface area contributed by atoms with Crippen LogP contribution in [0.1, 0.15) is 18.9 Å². The Morgan fingerprint density at radius 1 is 1.62 bits per heavy atom. The lowest BCUT2D eigenvalue weighted by Crippen LogP contribution is -2.26. The van der Waals surface area contributed by atoms with E-state index in [0.29, 0.717) is 6.04 Å². The van der Waals surface area contributed by atoms with E-state index < -0.39 is 0 Å². The van der Waals surface area contributed by atoms with Gasteiger partial charge in [-0.25, -0.2) is 0 Å². The van der Waals surface area contributed by atoms with Crippen LogP contribution < -0.4 is 5.32 Å². The summed E-state index contributed by atoms with van der Waals surface area (Å²) in [6, 6.07) is 2.48. The Kier molecular flexibility index (Phi) is 3.99. The molecule has 1 unspecified atom stereocenters. The molecule has 2 N–H and O–H groups in total. The van der Waals surface area contributed by atoms with Gasteiger partial charge in [-0.05, 0) is 25.0 Å². The predicted octanol–water partition coefficient (Wildman–Crippen LogP) is 0.886. The van der Waals surface area contributed by atoms with E-state index in [4.69, 9.17) is 5.11 Å². The summed E-state index contributed by atoms with van der Waals surface area (Å²) < 4.78 is 2.04. The van der Waals surface area contributed by atoms with Gasteiger partial charge >= 0.3 is 0 Å². The van der Waals surface area contributed by atoms with E-state index in [1.54, 1.807) is 0 Å². The summed E-state index contributed by atoms with van der Waals surface area (Å²) >= 11 is 0. The highest BCUT2D eigenvalue weighted by molar-refractivity contribution is 5.09. The van der Waals surface area contributed by atoms with Crippen LogP contribution in [-0.4, -0.2) is 22.3 Å². The maximum absolute atomic E-state index is 8.69. The van der Waals surface area contributed by atoms with Crippen molar-refractivity contribution in [3.8, 4) is 0 Å². The molecule has 1 aromatic rings. The zero-order chi connectivity index (χ0) is 9.68. The summed E-state index contributed by atoms with van der Waals surface area (Å²) in [6.45, 7) is 3.21. The molecule has 3 heteroatoms. The largest absolute Gasteiger partial charge is 0.396 e. The lowest BCUT2D eigenvalue weighted by Gasteiger charge is -2.10. The fourth-order valence-corrected chi connectivity index (χ4v) is 1.25. The first-order valence-electron chi connectivity index (χ1n) is 4.67. The van der Waals surface area contributed by atoms with Crippen LogP contribution >= 0.6 is 0 Å². The summed E-state index contributed by atoms with van der Waals surface area (Å²) in [5, 5.41) is 12.0. The third-order valence-electron chi connectivity index (χ3n) is 2.11. The minimum Gasteiger partial charge on any atom is -0.396 e. The fourth-order valence-electron chi connectivity index (χ4n) is 1.25. The Bertz CT molecular complexity index is 245. The minimum atomic E-state index is 0.253. The van der Waals surface area contributed by atoms with Gasteiger partial charge in [-0.1, -0.05) is 0 Å². The molecule has 13 heavy (non-hydrogen) atoms. The summed E-state index contributed by atoms with van der Waals surface area (Å²) in [7, 11) is 2.01. The van der Waals surface area contributed by atoms with Gasteiger partial charge < -0.3 is 15.0 Å². The van der Waals surface area contributed by atoms with Gasteiger partial charge in [0.1, 0.15) is 0 Å². The average molecular weight is 182 g/mol. The number of nitrogens with zero attached hydrogens (tertiary/aromatic N) is 1. The molecule has 1 rings (SSSR count). The van der Waals surface area contributed by atoms with Gasteiger partial charge in [0.2, 0.25) is 0 Å². The van der Waals surface area contributed by atoms with Crippen molar-refractivity contribution in [1.29, 1.82) is 0 Å². The molecule has 0 bridgehead atoms. The van der Waals surface area contributed by atoms with Gasteiger partial charge in [0.15, 0.2) is 0 Å². The Balaban J connectivity index is 2.26. The molecule has 1 heterocycles. The first-order chi connectivity index (χ1) is 6.22. The van der Waals surface area contributed by atoms with Gasteiger partial charge in [-0.2, -0.15) is 0 Å². The van der Waals surface area contributed by atoms with E-state index in [-0.39, 0.29) is 6.61 Å². The molecule has 0 aliphatic rings. The molecule has 3 nitrogen and oxygen atoms in total. The number of hydrogen-bond donors (Lipinski definition) is 2. The topological polar surface area (TPSA) is 37.2 Å². The van der Waals surface area contributed by atoms with E-state index in [2.05, 4.69) is 24.5 Å². The van der Waals surface area contributed by atoms with Gasteiger partial charge in [0, 0.05) is 38.6 Å². The van der Waals surface area contributed by atoms with Crippen LogP contribution in [0, 0.1) is 0 Å². The molecule has 0 saturated heterocycles. The van der Waals surface area contributed by atoms with Gasteiger partial charge in [0.25, 0.3) is 0 Å². The molecule has 1 aromatic heterocycles. The van der Waals surface area contributed by atoms with Crippen molar-refractivity contribution >= 4 is 0 Å². The van der Waals surface area contributed by atoms with Crippen LogP contribution in [0.2, 0.25) is 0 Å². The molecular weight excluding hydrogens is 164 g/mol. The van der Waals surface area contributed by atoms with Crippen molar-refractivity contribution in [3.05, 3.63) is 24.0 Å². The second kappa shape index (κ2) is 5.04. The van der Waals surface area contributed by atoms with Crippen LogP contribution in [0.3, 0.4) is 0 Å². The second-order valence-corrected chi connectivity index (χ2v) is 3.48. The highest BCUT2D eigenvalue weighted by atomic mass is 16.3. The molecule has 0 aromatic carbocycles. The molecule has 0 spiro atoms. The highest BCUT2D eigenvalue weighted by Gasteiger charge is 2.00. The van der Waals surface area contributed by atoms with E-state index in [9.17, 15) is 0 Å². The van der Waals surface area contributed by atoms with Gasteiger partial charge in [0.05, 0.1) is 0 Å². The van der Waals surface area contributed by atoms with Crippen LogP contribution in [0.25, 0.3) is 0 Å². The smallest absolute Gasteiger partial charge is 0.0445 e. The SMILES string of the molecule is CC(CCO)NCc1ccn(C)c1. The molecule has 0 aliphatic heterocycles. The minimum absolute atomic E-state index is 0.253. The Hall–Kier alpha value is -0.800. The molecule has 0 amide bonds. The van der Waals surface area contributed by atoms with Crippen LogP contribution in [0.15, 0.2) is 18.5 Å². The predicted molar refractivity (Wildman–Crippen MR) is 53.4 cm³/mol. The van der Waals surface area contributed by atoms with E-state index in [1.807, 2.05) is 17.8 Å². The molecule has 0 radical (unpaired) electrons. The second-order valence-electron chi connectivity index (χ2n) is 3.48. The Labute approximate surface area is 79.4 Å². The number of aliphatic hydroxyl groups excluding tert-OH is 1. The van der Waals surface area contributed by atoms with Crippen molar-refractivity contribution < 1.29 is 5.11 Å². The zero-order valence-electron chi connectivity index (χ0n) is 8.33. The van der Waals surface area contributed by atoms with Crippen LogP contribution in [0.4, 0.5) is 0 Å². The quantitative estimate of drug-likeness (QED) is 0.709. The van der Waals surface area contributed by atoms with Crippen molar-refractivity contribution in [2.45, 2.75) is 25.9 Å². The first kappa shape index (κ1) is 10.3. The normalized spacial score (nSPS) is 13.2. The molecule has 0 aliphatic carbocycles. The molecule has 0 saturated carbocycles. The number of aryl methyl sites for hydroxylation is 1. The third kappa shape index (κ3) is 3.61. The fraction of sp³-hybridized carbons (Fsp3) is 0.600. The first-order valence-corrected chi connectivity index (χ1v) is 4.67. The van der Waals surface area contributed by atoms with E-state index in [0.717, 1.165) is 13.0 Å². The van der Waals surface area contributed by atoms with Crippen molar-refractivity contribution in [2.75, 3.05) is 6.61 Å². The van der Waals surface area contributed by atoms with E-state index >= 15 is 0 Å². The summed E-state index contributed by atoms with van der Waals surface area (Å²) in [4.78, 5) is 0. The molecule has 1 atom stereocenters. The lowest BCUT2D eigenvalue weighted by atomic mass is 10.2. The number of aliphatic hydroxyl groups is 1. The zero-order valence-corrected chi connectivity index (χ0v) is 8.33. The summed E-state index contributed by atoms with van der Waals surface area (Å²) in [6.07, 6.45) is 4.94. The number of hydrogen-bond acceptors (Lipinski definition) is 2. The Morgan fingerprint density at radius 3 is 2.92 bits per heavy atom. The van der Waals surface area contributed by atoms with Crippen LogP contribution in [-0.2, 0) is 13.6 Å². The van der Waals surface area contributed by atoms with Crippen LogP contribution in [0.5, 0.6) is 0 Å². The number of nitrogens with one attached hydrogen (secondary N) is 1. The summed E-state index contributed by atoms with van der Waals surface area (Å²) in [5.74, 6) is 0. The lowest BCUT2D eigenvalue weighted by molar-refractivity contribution is 0.268. The van der Waals surface area contributed by atoms with Crippen molar-refractivity contribution in [3.63, 3.8) is 0 Å². The maximum atomic E-state index is 8.69. The van der Waals surface area contributed by atoms with Crippen molar-refractivity contribution in [2.24, 2.45) is 7.05 Å². The van der Waals surface area contributed by atoms with Crippen molar-refractivity contribution in [1.82, 2.24) is 9.88 Å². The van der Waals surface area contributed by atoms with E-state index in [1.165, 1.54) is 5.56 Å². The maximum Gasteiger partial charge on any atom is 0.0445 e. The molecule has 74 valence electrons. The van der Waals surface area contributed by atoms with Gasteiger partial charge in [-0.3, -0.25) is 0 Å². The number of rotatable bonds is 5. The monoisotopic (exact) mass is 182 g/mol. The average Bonchev–Trinajstić information content (AvgIpc) is 2.49. The highest BCUT2D eigenvalue weighted by Crippen LogP contribution is 2.00.